The minimum Gasteiger partial charge on any atom is -0.756 e. The van der Waals surface area contributed by atoms with Crippen LogP contribution in [-0.4, -0.2) is 70.0 Å². The van der Waals surface area contributed by atoms with E-state index in [4.69, 9.17) is 18.5 Å². The standard InChI is InChI=1S/C46H82NO8P/c1-6-8-10-12-14-16-18-20-22-23-25-27-29-31-33-35-37-39-46(49)55-44(43-54-56(50,51)53-41-40-47(3,4)5)42-52-45(48)38-36-34-32-30-28-26-24-21-19-17-15-13-11-9-7-2/h7,10,12,16,18,22-23,27,29,44H,2,6,8-9,11,13-15,17,19-21,24-26,28,30-43H2,1,3-5H3/b12-10+,18-16+,23-22+,29-27+/t44-/m1/s1. The highest BCUT2D eigenvalue weighted by Crippen LogP contribution is 2.38. The fourth-order valence-corrected chi connectivity index (χ4v) is 6.41. The largest absolute Gasteiger partial charge is 0.756 e. The Labute approximate surface area is 343 Å². The number of hydrogen-bond acceptors (Lipinski definition) is 8. The molecule has 0 saturated heterocycles. The number of allylic oxidation sites excluding steroid dienone is 9. The van der Waals surface area contributed by atoms with Gasteiger partial charge >= 0.3 is 11.9 Å². The number of likely N-dealkylation sites (N-methyl/N-ethyl adjacent to an activating group) is 1. The fourth-order valence-electron chi connectivity index (χ4n) is 5.68. The van der Waals surface area contributed by atoms with E-state index in [1.165, 1.54) is 70.6 Å². The topological polar surface area (TPSA) is 111 Å². The summed E-state index contributed by atoms with van der Waals surface area (Å²) in [5.41, 5.74) is 0. The molecule has 0 spiro atoms. The zero-order valence-electron chi connectivity index (χ0n) is 36.1. The summed E-state index contributed by atoms with van der Waals surface area (Å²) in [5, 5.41) is 0. The van der Waals surface area contributed by atoms with Crippen molar-refractivity contribution in [2.75, 3.05) is 47.5 Å². The third-order valence-corrected chi connectivity index (χ3v) is 10.1. The molecule has 324 valence electrons. The van der Waals surface area contributed by atoms with Crippen LogP contribution in [-0.2, 0) is 32.7 Å². The van der Waals surface area contributed by atoms with Gasteiger partial charge in [-0.2, -0.15) is 0 Å². The summed E-state index contributed by atoms with van der Waals surface area (Å²) in [6.45, 7) is 5.63. The zero-order chi connectivity index (χ0) is 41.4. The molecule has 56 heavy (non-hydrogen) atoms. The van der Waals surface area contributed by atoms with Crippen molar-refractivity contribution in [1.82, 2.24) is 0 Å². The van der Waals surface area contributed by atoms with E-state index < -0.39 is 32.5 Å². The Balaban J connectivity index is 4.41. The Morgan fingerprint density at radius 2 is 1.05 bits per heavy atom. The number of phosphoric acid groups is 1. The Kier molecular flexibility index (Phi) is 36.7. The van der Waals surface area contributed by atoms with Crippen LogP contribution in [0.1, 0.15) is 167 Å². The Hall–Kier alpha value is -2.29. The third kappa shape index (κ3) is 41.3. The average molecular weight is 808 g/mol. The van der Waals surface area contributed by atoms with Gasteiger partial charge in [-0.1, -0.05) is 145 Å². The van der Waals surface area contributed by atoms with Crippen LogP contribution in [0.25, 0.3) is 0 Å². The van der Waals surface area contributed by atoms with Gasteiger partial charge in [0.2, 0.25) is 0 Å². The summed E-state index contributed by atoms with van der Waals surface area (Å²) in [4.78, 5) is 37.5. The molecule has 0 aromatic rings. The van der Waals surface area contributed by atoms with Crippen LogP contribution in [0.5, 0.6) is 0 Å². The minimum absolute atomic E-state index is 0.0400. The van der Waals surface area contributed by atoms with Gasteiger partial charge in [0, 0.05) is 12.8 Å². The highest BCUT2D eigenvalue weighted by Gasteiger charge is 2.21. The van der Waals surface area contributed by atoms with Crippen molar-refractivity contribution in [3.05, 3.63) is 61.3 Å². The highest BCUT2D eigenvalue weighted by atomic mass is 31.2. The number of unbranched alkanes of at least 4 members (excludes halogenated alkanes) is 17. The van der Waals surface area contributed by atoms with Crippen molar-refractivity contribution in [2.45, 2.75) is 174 Å². The molecule has 0 amide bonds. The van der Waals surface area contributed by atoms with E-state index in [-0.39, 0.29) is 26.1 Å². The number of carbonyl (C=O) groups is 2. The first-order chi connectivity index (χ1) is 27.0. The van der Waals surface area contributed by atoms with Gasteiger partial charge in [-0.3, -0.25) is 14.2 Å². The first-order valence-electron chi connectivity index (χ1n) is 22.0. The number of hydrogen-bond donors (Lipinski definition) is 0. The SMILES string of the molecule is C=CCCCCCCCCCCCCCCCC(=O)OC[C@H](COP(=O)([O-])OCC[N+](C)(C)C)OC(=O)CCCCC/C=C/C/C=C/C/C=C/C/C=C/CCC. The average Bonchev–Trinajstić information content (AvgIpc) is 3.15. The lowest BCUT2D eigenvalue weighted by atomic mass is 10.0. The second-order valence-corrected chi connectivity index (χ2v) is 17.2. The summed E-state index contributed by atoms with van der Waals surface area (Å²) < 4.78 is 33.9. The van der Waals surface area contributed by atoms with Gasteiger partial charge in [-0.25, -0.2) is 0 Å². The van der Waals surface area contributed by atoms with E-state index in [0.717, 1.165) is 70.6 Å². The number of quaternary nitrogens is 1. The van der Waals surface area contributed by atoms with Crippen LogP contribution in [0, 0.1) is 0 Å². The summed E-state index contributed by atoms with van der Waals surface area (Å²) >= 11 is 0. The summed E-state index contributed by atoms with van der Waals surface area (Å²) in [5.74, 6) is -0.876. The molecular formula is C46H82NO8P. The molecule has 0 radical (unpaired) electrons. The molecule has 0 aromatic heterocycles. The molecule has 10 heteroatoms. The molecule has 0 heterocycles. The summed E-state index contributed by atoms with van der Waals surface area (Å²) in [6.07, 6.45) is 44.2. The predicted octanol–water partition coefficient (Wildman–Crippen LogP) is 11.8. The van der Waals surface area contributed by atoms with Crippen LogP contribution in [0.2, 0.25) is 0 Å². The Morgan fingerprint density at radius 3 is 1.57 bits per heavy atom. The molecule has 2 atom stereocenters. The van der Waals surface area contributed by atoms with E-state index in [1.807, 2.05) is 27.2 Å². The van der Waals surface area contributed by atoms with Crippen molar-refractivity contribution in [3.63, 3.8) is 0 Å². The number of nitrogens with zero attached hydrogens (tertiary/aromatic N) is 1. The van der Waals surface area contributed by atoms with Crippen molar-refractivity contribution in [1.29, 1.82) is 0 Å². The van der Waals surface area contributed by atoms with Gasteiger partial charge in [0.1, 0.15) is 19.8 Å². The van der Waals surface area contributed by atoms with E-state index in [9.17, 15) is 19.0 Å². The molecule has 9 nitrogen and oxygen atoms in total. The number of esters is 2. The summed E-state index contributed by atoms with van der Waals surface area (Å²) in [7, 11) is 1.13. The Morgan fingerprint density at radius 1 is 0.607 bits per heavy atom. The van der Waals surface area contributed by atoms with Crippen LogP contribution in [0.4, 0.5) is 0 Å². The van der Waals surface area contributed by atoms with Gasteiger partial charge in [0.25, 0.3) is 7.82 Å². The van der Waals surface area contributed by atoms with Crippen LogP contribution < -0.4 is 4.89 Å². The molecule has 0 fully saturated rings. The molecular weight excluding hydrogens is 725 g/mol. The first-order valence-corrected chi connectivity index (χ1v) is 23.4. The number of rotatable bonds is 40. The Bertz CT molecular complexity index is 1130. The van der Waals surface area contributed by atoms with Crippen molar-refractivity contribution in [3.8, 4) is 0 Å². The molecule has 0 rings (SSSR count). The molecule has 0 aliphatic rings. The number of ether oxygens (including phenoxy) is 2. The van der Waals surface area contributed by atoms with Crippen LogP contribution in [0.15, 0.2) is 61.3 Å². The van der Waals surface area contributed by atoms with Gasteiger partial charge in [0.15, 0.2) is 6.10 Å². The molecule has 0 aliphatic heterocycles. The fraction of sp³-hybridized carbons (Fsp3) is 0.739. The van der Waals surface area contributed by atoms with E-state index in [0.29, 0.717) is 17.4 Å². The molecule has 0 saturated carbocycles. The number of carbonyl (C=O) groups excluding carboxylic acids is 2. The van der Waals surface area contributed by atoms with Gasteiger partial charge < -0.3 is 27.9 Å². The lowest BCUT2D eigenvalue weighted by Crippen LogP contribution is -2.37. The monoisotopic (exact) mass is 808 g/mol. The maximum atomic E-state index is 12.7. The maximum absolute atomic E-state index is 12.7. The van der Waals surface area contributed by atoms with E-state index >= 15 is 0 Å². The molecule has 0 N–H and O–H groups in total. The second-order valence-electron chi connectivity index (χ2n) is 15.8. The lowest BCUT2D eigenvalue weighted by molar-refractivity contribution is -0.870. The van der Waals surface area contributed by atoms with Crippen molar-refractivity contribution >= 4 is 19.8 Å². The predicted molar refractivity (Wildman–Crippen MR) is 231 cm³/mol. The first kappa shape index (κ1) is 53.7. The molecule has 1 unspecified atom stereocenters. The number of phosphoric ester groups is 1. The zero-order valence-corrected chi connectivity index (χ0v) is 37.0. The molecule has 0 aromatic carbocycles. The summed E-state index contributed by atoms with van der Waals surface area (Å²) in [6, 6.07) is 0. The second kappa shape index (κ2) is 38.2. The maximum Gasteiger partial charge on any atom is 0.306 e. The molecule has 0 aliphatic carbocycles. The van der Waals surface area contributed by atoms with E-state index in [2.05, 4.69) is 62.1 Å². The minimum atomic E-state index is -4.64. The van der Waals surface area contributed by atoms with Crippen LogP contribution >= 0.6 is 7.82 Å². The van der Waals surface area contributed by atoms with Gasteiger partial charge in [-0.05, 0) is 64.2 Å². The normalized spacial score (nSPS) is 13.9. The highest BCUT2D eigenvalue weighted by molar-refractivity contribution is 7.45. The smallest absolute Gasteiger partial charge is 0.306 e. The van der Waals surface area contributed by atoms with Gasteiger partial charge in [0.05, 0.1) is 27.7 Å². The lowest BCUT2D eigenvalue weighted by Gasteiger charge is -2.28. The van der Waals surface area contributed by atoms with Crippen molar-refractivity contribution < 1.29 is 42.1 Å². The van der Waals surface area contributed by atoms with E-state index in [1.54, 1.807) is 0 Å². The molecule has 0 bridgehead atoms. The quantitative estimate of drug-likeness (QED) is 0.0198. The van der Waals surface area contributed by atoms with Gasteiger partial charge in [-0.15, -0.1) is 6.58 Å². The van der Waals surface area contributed by atoms with Crippen LogP contribution in [0.3, 0.4) is 0 Å². The third-order valence-electron chi connectivity index (χ3n) is 9.14. The van der Waals surface area contributed by atoms with Crippen molar-refractivity contribution in [2.24, 2.45) is 0 Å².